The average molecular weight is 406 g/mol. The Balaban J connectivity index is 2.08. The second kappa shape index (κ2) is 9.09. The molecule has 0 fully saturated rings. The zero-order valence-electron chi connectivity index (χ0n) is 16.9. The highest BCUT2D eigenvalue weighted by Crippen LogP contribution is 2.37. The number of methoxy groups -OCH3 is 1. The van der Waals surface area contributed by atoms with Gasteiger partial charge in [-0.25, -0.2) is 0 Å². The van der Waals surface area contributed by atoms with Crippen LogP contribution in [0.5, 0.6) is 11.5 Å². The fourth-order valence-electron chi connectivity index (χ4n) is 2.98. The van der Waals surface area contributed by atoms with Crippen molar-refractivity contribution in [3.05, 3.63) is 88.5 Å². The van der Waals surface area contributed by atoms with Gasteiger partial charge in [0, 0.05) is 37.4 Å². The van der Waals surface area contributed by atoms with Crippen LogP contribution in [0, 0.1) is 10.1 Å². The predicted octanol–water partition coefficient (Wildman–Crippen LogP) is 4.48. The standard InChI is InChI=1S/C23H22N2O5/c1-24(2)23(26)22(17-7-5-4-6-8-17)30-21-14-11-18(25(27)28)15-20(21)16-9-12-19(29-3)13-10-16/h4-15,22H,1-3H3/t22-/m1/s1. The summed E-state index contributed by atoms with van der Waals surface area (Å²) >= 11 is 0. The molecule has 3 rings (SSSR count). The third kappa shape index (κ3) is 4.57. The Morgan fingerprint density at radius 3 is 2.23 bits per heavy atom. The van der Waals surface area contributed by atoms with Crippen LogP contribution in [0.4, 0.5) is 5.69 Å². The average Bonchev–Trinajstić information content (AvgIpc) is 2.77. The summed E-state index contributed by atoms with van der Waals surface area (Å²) in [6.07, 6.45) is -0.889. The molecule has 0 aliphatic carbocycles. The summed E-state index contributed by atoms with van der Waals surface area (Å²) in [5.74, 6) is 0.798. The minimum Gasteiger partial charge on any atom is -0.497 e. The van der Waals surface area contributed by atoms with Crippen molar-refractivity contribution in [3.8, 4) is 22.6 Å². The molecule has 0 N–H and O–H groups in total. The van der Waals surface area contributed by atoms with Gasteiger partial charge in [0.2, 0.25) is 6.10 Å². The van der Waals surface area contributed by atoms with Crippen LogP contribution < -0.4 is 9.47 Å². The van der Waals surface area contributed by atoms with Gasteiger partial charge in [-0.05, 0) is 23.8 Å². The van der Waals surface area contributed by atoms with E-state index in [4.69, 9.17) is 9.47 Å². The van der Waals surface area contributed by atoms with E-state index in [0.29, 0.717) is 28.2 Å². The predicted molar refractivity (Wildman–Crippen MR) is 114 cm³/mol. The molecule has 0 bridgehead atoms. The number of hydrogen-bond donors (Lipinski definition) is 0. The molecule has 0 unspecified atom stereocenters. The molecule has 0 saturated heterocycles. The van der Waals surface area contributed by atoms with Gasteiger partial charge in [-0.1, -0.05) is 42.5 Å². The molecule has 0 aromatic heterocycles. The minimum atomic E-state index is -0.889. The largest absolute Gasteiger partial charge is 0.497 e. The smallest absolute Gasteiger partial charge is 0.270 e. The van der Waals surface area contributed by atoms with Crippen LogP contribution in [0.25, 0.3) is 11.1 Å². The number of nitrogens with zero attached hydrogens (tertiary/aromatic N) is 2. The highest BCUT2D eigenvalue weighted by atomic mass is 16.6. The molecule has 30 heavy (non-hydrogen) atoms. The van der Waals surface area contributed by atoms with E-state index < -0.39 is 11.0 Å². The Morgan fingerprint density at radius 2 is 1.67 bits per heavy atom. The lowest BCUT2D eigenvalue weighted by atomic mass is 10.0. The topological polar surface area (TPSA) is 81.9 Å². The van der Waals surface area contributed by atoms with Crippen LogP contribution in [0.15, 0.2) is 72.8 Å². The first kappa shape index (κ1) is 20.9. The van der Waals surface area contributed by atoms with E-state index in [9.17, 15) is 14.9 Å². The zero-order chi connectivity index (χ0) is 21.7. The molecule has 0 saturated carbocycles. The van der Waals surface area contributed by atoms with E-state index in [-0.39, 0.29) is 11.6 Å². The number of nitro groups is 1. The number of likely N-dealkylation sites (N-methyl/N-ethyl adjacent to an activating group) is 1. The van der Waals surface area contributed by atoms with Gasteiger partial charge in [0.1, 0.15) is 11.5 Å². The van der Waals surface area contributed by atoms with Gasteiger partial charge in [-0.3, -0.25) is 14.9 Å². The molecular weight excluding hydrogens is 384 g/mol. The summed E-state index contributed by atoms with van der Waals surface area (Å²) in [5.41, 5.74) is 1.84. The monoisotopic (exact) mass is 406 g/mol. The number of amides is 1. The van der Waals surface area contributed by atoms with E-state index in [2.05, 4.69) is 0 Å². The number of rotatable bonds is 7. The van der Waals surface area contributed by atoms with E-state index >= 15 is 0 Å². The lowest BCUT2D eigenvalue weighted by molar-refractivity contribution is -0.384. The Labute approximate surface area is 174 Å². The van der Waals surface area contributed by atoms with Crippen molar-refractivity contribution in [1.82, 2.24) is 4.90 Å². The van der Waals surface area contributed by atoms with Crippen molar-refractivity contribution in [3.63, 3.8) is 0 Å². The summed E-state index contributed by atoms with van der Waals surface area (Å²) in [7, 11) is 4.87. The Morgan fingerprint density at radius 1 is 1.00 bits per heavy atom. The van der Waals surface area contributed by atoms with Crippen molar-refractivity contribution < 1.29 is 19.2 Å². The van der Waals surface area contributed by atoms with Gasteiger partial charge in [-0.2, -0.15) is 0 Å². The number of carbonyl (C=O) groups is 1. The summed E-state index contributed by atoms with van der Waals surface area (Å²) in [6, 6.07) is 20.6. The van der Waals surface area contributed by atoms with E-state index in [0.717, 1.165) is 0 Å². The van der Waals surface area contributed by atoms with E-state index in [1.54, 1.807) is 45.5 Å². The molecule has 154 valence electrons. The van der Waals surface area contributed by atoms with Crippen LogP contribution in [0.1, 0.15) is 11.7 Å². The van der Waals surface area contributed by atoms with Gasteiger partial charge < -0.3 is 14.4 Å². The number of ether oxygens (including phenoxy) is 2. The second-order valence-electron chi connectivity index (χ2n) is 6.81. The molecule has 3 aromatic carbocycles. The minimum absolute atomic E-state index is 0.0663. The van der Waals surface area contributed by atoms with Crippen molar-refractivity contribution in [1.29, 1.82) is 0 Å². The molecular formula is C23H22N2O5. The zero-order valence-corrected chi connectivity index (χ0v) is 16.9. The fraction of sp³-hybridized carbons (Fsp3) is 0.174. The lowest BCUT2D eigenvalue weighted by Gasteiger charge is -2.23. The first-order valence-electron chi connectivity index (χ1n) is 9.26. The number of non-ortho nitro benzene ring substituents is 1. The normalized spacial score (nSPS) is 11.4. The Kier molecular flexibility index (Phi) is 6.32. The highest BCUT2D eigenvalue weighted by molar-refractivity contribution is 5.83. The summed E-state index contributed by atoms with van der Waals surface area (Å²) in [4.78, 5) is 25.1. The highest BCUT2D eigenvalue weighted by Gasteiger charge is 2.26. The quantitative estimate of drug-likeness (QED) is 0.427. The molecule has 0 aliphatic heterocycles. The van der Waals surface area contributed by atoms with Gasteiger partial charge in [-0.15, -0.1) is 0 Å². The van der Waals surface area contributed by atoms with Crippen molar-refractivity contribution in [2.75, 3.05) is 21.2 Å². The van der Waals surface area contributed by atoms with Crippen molar-refractivity contribution in [2.45, 2.75) is 6.10 Å². The Bertz CT molecular complexity index is 1030. The number of nitro benzene ring substituents is 1. The summed E-state index contributed by atoms with van der Waals surface area (Å²) < 4.78 is 11.3. The lowest BCUT2D eigenvalue weighted by Crippen LogP contribution is -2.31. The maximum absolute atomic E-state index is 12.8. The van der Waals surface area contributed by atoms with Gasteiger partial charge >= 0.3 is 0 Å². The summed E-state index contributed by atoms with van der Waals surface area (Å²) in [5, 5.41) is 11.3. The third-order valence-electron chi connectivity index (χ3n) is 4.59. The molecule has 1 atom stereocenters. The summed E-state index contributed by atoms with van der Waals surface area (Å²) in [6.45, 7) is 0. The van der Waals surface area contributed by atoms with Crippen molar-refractivity contribution in [2.24, 2.45) is 0 Å². The molecule has 0 spiro atoms. The maximum atomic E-state index is 12.8. The molecule has 0 radical (unpaired) electrons. The third-order valence-corrected chi connectivity index (χ3v) is 4.59. The molecule has 0 heterocycles. The van der Waals surface area contributed by atoms with Crippen LogP contribution in [-0.2, 0) is 4.79 Å². The van der Waals surface area contributed by atoms with Crippen LogP contribution >= 0.6 is 0 Å². The van der Waals surface area contributed by atoms with Gasteiger partial charge in [0.15, 0.2) is 0 Å². The second-order valence-corrected chi connectivity index (χ2v) is 6.81. The number of hydrogen-bond acceptors (Lipinski definition) is 5. The fourth-order valence-corrected chi connectivity index (χ4v) is 2.98. The molecule has 1 amide bonds. The molecule has 3 aromatic rings. The first-order chi connectivity index (χ1) is 14.4. The van der Waals surface area contributed by atoms with Gasteiger partial charge in [0.25, 0.3) is 11.6 Å². The van der Waals surface area contributed by atoms with Crippen LogP contribution in [0.3, 0.4) is 0 Å². The molecule has 7 nitrogen and oxygen atoms in total. The van der Waals surface area contributed by atoms with Crippen LogP contribution in [0.2, 0.25) is 0 Å². The van der Waals surface area contributed by atoms with Gasteiger partial charge in [0.05, 0.1) is 12.0 Å². The Hall–Kier alpha value is -3.87. The first-order valence-corrected chi connectivity index (χ1v) is 9.26. The van der Waals surface area contributed by atoms with Crippen molar-refractivity contribution >= 4 is 11.6 Å². The van der Waals surface area contributed by atoms with E-state index in [1.807, 2.05) is 30.3 Å². The number of benzene rings is 3. The SMILES string of the molecule is COc1ccc(-c2cc([N+](=O)[O-])ccc2O[C@@H](C(=O)N(C)C)c2ccccc2)cc1. The molecule has 0 aliphatic rings. The maximum Gasteiger partial charge on any atom is 0.270 e. The number of carbonyl (C=O) groups excluding carboxylic acids is 1. The molecule has 7 heteroatoms. The van der Waals surface area contributed by atoms with E-state index in [1.165, 1.54) is 23.1 Å². The van der Waals surface area contributed by atoms with Crippen LogP contribution in [-0.4, -0.2) is 36.9 Å².